The molecule has 2 saturated heterocycles. The molecule has 2 aliphatic heterocycles. The monoisotopic (exact) mass is 567 g/mol. The second kappa shape index (κ2) is 11.6. The summed E-state index contributed by atoms with van der Waals surface area (Å²) in [6, 6.07) is 9.11. The Labute approximate surface area is 231 Å². The molecule has 37 heavy (non-hydrogen) atoms. The molecule has 2 aliphatic rings. The highest BCUT2D eigenvalue weighted by molar-refractivity contribution is 6.42. The lowest BCUT2D eigenvalue weighted by atomic mass is 9.83. The Kier molecular flexibility index (Phi) is 8.66. The first-order valence-corrected chi connectivity index (χ1v) is 13.4. The molecule has 0 unspecified atom stereocenters. The molecule has 2 aromatic carbocycles. The number of rotatable bonds is 4. The van der Waals surface area contributed by atoms with Crippen LogP contribution in [0.15, 0.2) is 36.4 Å². The predicted octanol–water partition coefficient (Wildman–Crippen LogP) is 5.50. The first kappa shape index (κ1) is 27.7. The van der Waals surface area contributed by atoms with Crippen LogP contribution in [0.5, 0.6) is 0 Å². The standard InChI is InChI=1S/C27H29Cl3FN3O3/c1-16(35)33-10-7-17(8-11-33)27(37)34-12-9-25(20(15-34)18-3-5-21(28)23(30)13-18)32(2)26(36)19-4-6-22(29)24(31)14-19/h3-6,13-14,17,20,25H,7-12,15H2,1-2H3/t20-,25+/m0/s1. The van der Waals surface area contributed by atoms with Crippen molar-refractivity contribution in [3.05, 3.63) is 68.4 Å². The van der Waals surface area contributed by atoms with E-state index in [0.29, 0.717) is 55.5 Å². The molecule has 0 aliphatic carbocycles. The van der Waals surface area contributed by atoms with Crippen LogP contribution in [0, 0.1) is 11.7 Å². The third-order valence-corrected chi connectivity index (χ3v) is 8.58. The second-order valence-electron chi connectivity index (χ2n) is 9.75. The van der Waals surface area contributed by atoms with E-state index in [2.05, 4.69) is 0 Å². The molecule has 2 fully saturated rings. The number of nitrogens with zero attached hydrogens (tertiary/aromatic N) is 3. The van der Waals surface area contributed by atoms with Crippen LogP contribution in [-0.2, 0) is 9.59 Å². The smallest absolute Gasteiger partial charge is 0.253 e. The molecule has 198 valence electrons. The van der Waals surface area contributed by atoms with Gasteiger partial charge in [-0.1, -0.05) is 40.9 Å². The summed E-state index contributed by atoms with van der Waals surface area (Å²) >= 11 is 18.3. The quantitative estimate of drug-likeness (QED) is 0.489. The van der Waals surface area contributed by atoms with Crippen LogP contribution in [0.2, 0.25) is 15.1 Å². The molecule has 6 nitrogen and oxygen atoms in total. The van der Waals surface area contributed by atoms with Crippen molar-refractivity contribution in [2.45, 2.75) is 38.1 Å². The summed E-state index contributed by atoms with van der Waals surface area (Å²) in [6.45, 7) is 3.59. The van der Waals surface area contributed by atoms with E-state index >= 15 is 0 Å². The van der Waals surface area contributed by atoms with Crippen molar-refractivity contribution in [1.82, 2.24) is 14.7 Å². The van der Waals surface area contributed by atoms with Gasteiger partial charge in [-0.3, -0.25) is 14.4 Å². The Bertz CT molecular complexity index is 1200. The first-order valence-electron chi connectivity index (χ1n) is 12.3. The van der Waals surface area contributed by atoms with Crippen molar-refractivity contribution >= 4 is 52.5 Å². The minimum atomic E-state index is -0.654. The molecule has 0 bridgehead atoms. The molecule has 0 saturated carbocycles. The minimum absolute atomic E-state index is 0.0275. The van der Waals surface area contributed by atoms with Gasteiger partial charge in [-0.25, -0.2) is 4.39 Å². The fraction of sp³-hybridized carbons (Fsp3) is 0.444. The van der Waals surface area contributed by atoms with E-state index in [1.165, 1.54) is 12.1 Å². The van der Waals surface area contributed by atoms with Gasteiger partial charge in [0.05, 0.1) is 15.1 Å². The number of halogens is 4. The topological polar surface area (TPSA) is 60.9 Å². The zero-order valence-corrected chi connectivity index (χ0v) is 23.0. The van der Waals surface area contributed by atoms with Gasteiger partial charge in [-0.2, -0.15) is 0 Å². The van der Waals surface area contributed by atoms with Crippen molar-refractivity contribution in [3.63, 3.8) is 0 Å². The van der Waals surface area contributed by atoms with Gasteiger partial charge in [-0.05, 0) is 55.2 Å². The van der Waals surface area contributed by atoms with Gasteiger partial charge >= 0.3 is 0 Å². The number of likely N-dealkylation sites (N-methyl/N-ethyl adjacent to an activating group) is 1. The third kappa shape index (κ3) is 6.05. The number of hydrogen-bond acceptors (Lipinski definition) is 3. The number of benzene rings is 2. The molecule has 2 heterocycles. The molecule has 0 aromatic heterocycles. The molecular weight excluding hydrogens is 540 g/mol. The normalized spacial score (nSPS) is 20.6. The van der Waals surface area contributed by atoms with Gasteiger partial charge in [0.2, 0.25) is 11.8 Å². The summed E-state index contributed by atoms with van der Waals surface area (Å²) in [6.07, 6.45) is 1.81. The van der Waals surface area contributed by atoms with E-state index in [-0.39, 0.29) is 46.2 Å². The summed E-state index contributed by atoms with van der Waals surface area (Å²) in [5, 5.41) is 0.768. The molecule has 0 radical (unpaired) electrons. The van der Waals surface area contributed by atoms with Gasteiger partial charge in [0.15, 0.2) is 0 Å². The van der Waals surface area contributed by atoms with Crippen LogP contribution in [0.3, 0.4) is 0 Å². The van der Waals surface area contributed by atoms with Crippen molar-refractivity contribution in [2.24, 2.45) is 5.92 Å². The summed E-state index contributed by atoms with van der Waals surface area (Å²) in [5.41, 5.74) is 1.07. The van der Waals surface area contributed by atoms with E-state index in [1.807, 2.05) is 11.0 Å². The second-order valence-corrected chi connectivity index (χ2v) is 11.0. The van der Waals surface area contributed by atoms with Crippen molar-refractivity contribution in [3.8, 4) is 0 Å². The fourth-order valence-electron chi connectivity index (χ4n) is 5.36. The van der Waals surface area contributed by atoms with Gasteiger partial charge in [0, 0.05) is 63.6 Å². The third-order valence-electron chi connectivity index (χ3n) is 7.53. The molecular formula is C27H29Cl3FN3O3. The summed E-state index contributed by atoms with van der Waals surface area (Å²) in [5.74, 6) is -1.26. The van der Waals surface area contributed by atoms with Crippen molar-refractivity contribution in [1.29, 1.82) is 0 Å². The molecule has 3 amide bonds. The highest BCUT2D eigenvalue weighted by Gasteiger charge is 2.39. The maximum absolute atomic E-state index is 14.1. The molecule has 0 N–H and O–H groups in total. The largest absolute Gasteiger partial charge is 0.343 e. The molecule has 4 rings (SSSR count). The van der Waals surface area contributed by atoms with E-state index in [9.17, 15) is 18.8 Å². The number of amides is 3. The molecule has 2 atom stereocenters. The predicted molar refractivity (Wildman–Crippen MR) is 143 cm³/mol. The van der Waals surface area contributed by atoms with Gasteiger partial charge in [0.1, 0.15) is 5.82 Å². The number of carbonyl (C=O) groups excluding carboxylic acids is 3. The van der Waals surface area contributed by atoms with E-state index in [1.54, 1.807) is 35.9 Å². The molecule has 10 heteroatoms. The Morgan fingerprint density at radius 1 is 0.892 bits per heavy atom. The Hall–Kier alpha value is -2.35. The summed E-state index contributed by atoms with van der Waals surface area (Å²) in [4.78, 5) is 43.7. The van der Waals surface area contributed by atoms with E-state index in [0.717, 1.165) is 11.6 Å². The van der Waals surface area contributed by atoms with E-state index < -0.39 is 5.82 Å². The van der Waals surface area contributed by atoms with Crippen molar-refractivity contribution in [2.75, 3.05) is 33.2 Å². The fourth-order valence-corrected chi connectivity index (χ4v) is 5.78. The Morgan fingerprint density at radius 2 is 1.54 bits per heavy atom. The first-order chi connectivity index (χ1) is 17.6. The van der Waals surface area contributed by atoms with Gasteiger partial charge < -0.3 is 14.7 Å². The number of hydrogen-bond donors (Lipinski definition) is 0. The van der Waals surface area contributed by atoms with E-state index in [4.69, 9.17) is 34.8 Å². The zero-order valence-electron chi connectivity index (χ0n) is 20.7. The maximum atomic E-state index is 14.1. The highest BCUT2D eigenvalue weighted by atomic mass is 35.5. The van der Waals surface area contributed by atoms with Crippen molar-refractivity contribution < 1.29 is 18.8 Å². The summed E-state index contributed by atoms with van der Waals surface area (Å²) < 4.78 is 14.1. The molecule has 0 spiro atoms. The average Bonchev–Trinajstić information content (AvgIpc) is 2.90. The zero-order chi connectivity index (χ0) is 26.9. The summed E-state index contributed by atoms with van der Waals surface area (Å²) in [7, 11) is 1.69. The molecule has 2 aromatic rings. The highest BCUT2D eigenvalue weighted by Crippen LogP contribution is 2.35. The Morgan fingerprint density at radius 3 is 2.16 bits per heavy atom. The lowest BCUT2D eigenvalue weighted by Gasteiger charge is -2.44. The van der Waals surface area contributed by atoms with Crippen LogP contribution < -0.4 is 0 Å². The van der Waals surface area contributed by atoms with Crippen LogP contribution >= 0.6 is 34.8 Å². The number of likely N-dealkylation sites (tertiary alicyclic amines) is 2. The van der Waals surface area contributed by atoms with Gasteiger partial charge in [-0.15, -0.1) is 0 Å². The SMILES string of the molecule is CC(=O)N1CCC(C(=O)N2CC[C@@H](N(C)C(=O)c3ccc(Cl)c(F)c3)[C@H](c3ccc(Cl)c(Cl)c3)C2)CC1. The van der Waals surface area contributed by atoms with Crippen LogP contribution in [0.4, 0.5) is 4.39 Å². The lowest BCUT2D eigenvalue weighted by molar-refractivity contribution is -0.141. The maximum Gasteiger partial charge on any atom is 0.253 e. The average molecular weight is 569 g/mol. The number of carbonyl (C=O) groups is 3. The minimum Gasteiger partial charge on any atom is -0.343 e. The van der Waals surface area contributed by atoms with Crippen LogP contribution in [0.1, 0.15) is 48.0 Å². The number of piperidine rings is 2. The lowest BCUT2D eigenvalue weighted by Crippen LogP contribution is -2.53. The van der Waals surface area contributed by atoms with Crippen LogP contribution in [-0.4, -0.2) is 71.7 Å². The Balaban J connectivity index is 1.56. The van der Waals surface area contributed by atoms with Crippen LogP contribution in [0.25, 0.3) is 0 Å². The van der Waals surface area contributed by atoms with Gasteiger partial charge in [0.25, 0.3) is 5.91 Å².